The lowest BCUT2D eigenvalue weighted by Crippen LogP contribution is -1.98. The highest BCUT2D eigenvalue weighted by atomic mass is 16.5. The standard InChI is InChI=1S/C11H13NO2/c1-3-4-5-10(13)9-6-7-11(14-2)12-8-9/h1,6-8,10,13H,4-5H2,2H3. The Balaban J connectivity index is 2.62. The molecule has 0 saturated heterocycles. The first-order chi connectivity index (χ1) is 6.77. The van der Waals surface area contributed by atoms with E-state index in [0.29, 0.717) is 18.7 Å². The van der Waals surface area contributed by atoms with Crippen molar-refractivity contribution < 1.29 is 9.84 Å². The largest absolute Gasteiger partial charge is 0.481 e. The fourth-order valence-electron chi connectivity index (χ4n) is 1.10. The summed E-state index contributed by atoms with van der Waals surface area (Å²) in [5.41, 5.74) is 0.765. The van der Waals surface area contributed by atoms with Crippen molar-refractivity contribution in [3.05, 3.63) is 23.9 Å². The number of hydrogen-bond acceptors (Lipinski definition) is 3. The average molecular weight is 191 g/mol. The van der Waals surface area contributed by atoms with Crippen LogP contribution >= 0.6 is 0 Å². The number of aromatic nitrogens is 1. The van der Waals surface area contributed by atoms with Crippen LogP contribution in [0.3, 0.4) is 0 Å². The van der Waals surface area contributed by atoms with E-state index in [1.165, 1.54) is 0 Å². The molecule has 0 radical (unpaired) electrons. The summed E-state index contributed by atoms with van der Waals surface area (Å²) in [7, 11) is 1.55. The number of methoxy groups -OCH3 is 1. The lowest BCUT2D eigenvalue weighted by atomic mass is 10.1. The van der Waals surface area contributed by atoms with Crippen LogP contribution in [0.4, 0.5) is 0 Å². The van der Waals surface area contributed by atoms with Gasteiger partial charge < -0.3 is 9.84 Å². The molecule has 0 saturated carbocycles. The summed E-state index contributed by atoms with van der Waals surface area (Å²) in [6, 6.07) is 3.50. The highest BCUT2D eigenvalue weighted by Gasteiger charge is 2.06. The van der Waals surface area contributed by atoms with Crippen molar-refractivity contribution in [2.24, 2.45) is 0 Å². The molecule has 3 heteroatoms. The minimum absolute atomic E-state index is 0.538. The third-order valence-corrected chi connectivity index (χ3v) is 1.92. The van der Waals surface area contributed by atoms with E-state index in [9.17, 15) is 5.11 Å². The van der Waals surface area contributed by atoms with Gasteiger partial charge in [0.15, 0.2) is 0 Å². The van der Waals surface area contributed by atoms with Gasteiger partial charge in [0.1, 0.15) is 0 Å². The summed E-state index contributed by atoms with van der Waals surface area (Å²) in [6.07, 6.45) is 7.29. The predicted octanol–water partition coefficient (Wildman–Crippen LogP) is 1.54. The monoisotopic (exact) mass is 191 g/mol. The van der Waals surface area contributed by atoms with Crippen LogP contribution in [0.15, 0.2) is 18.3 Å². The van der Waals surface area contributed by atoms with E-state index in [2.05, 4.69) is 10.9 Å². The zero-order valence-corrected chi connectivity index (χ0v) is 8.10. The van der Waals surface area contributed by atoms with Crippen molar-refractivity contribution in [2.75, 3.05) is 7.11 Å². The van der Waals surface area contributed by atoms with Gasteiger partial charge in [-0.05, 0) is 18.1 Å². The number of hydrogen-bond donors (Lipinski definition) is 1. The van der Waals surface area contributed by atoms with Gasteiger partial charge in [-0.3, -0.25) is 0 Å². The third kappa shape index (κ3) is 2.75. The SMILES string of the molecule is C#CCCC(O)c1ccc(OC)nc1. The molecular weight excluding hydrogens is 178 g/mol. The van der Waals surface area contributed by atoms with Gasteiger partial charge in [0, 0.05) is 18.7 Å². The van der Waals surface area contributed by atoms with Crippen LogP contribution < -0.4 is 4.74 Å². The number of ether oxygens (including phenoxy) is 1. The molecule has 1 N–H and O–H groups in total. The van der Waals surface area contributed by atoms with Gasteiger partial charge in [-0.1, -0.05) is 0 Å². The Kier molecular flexibility index (Phi) is 3.96. The molecule has 1 rings (SSSR count). The zero-order valence-electron chi connectivity index (χ0n) is 8.10. The maximum absolute atomic E-state index is 9.64. The predicted molar refractivity (Wildman–Crippen MR) is 53.8 cm³/mol. The summed E-state index contributed by atoms with van der Waals surface area (Å²) in [5, 5.41) is 9.64. The van der Waals surface area contributed by atoms with E-state index in [4.69, 9.17) is 11.2 Å². The Labute approximate surface area is 83.7 Å². The van der Waals surface area contributed by atoms with E-state index in [1.807, 2.05) is 0 Å². The van der Waals surface area contributed by atoms with Crippen LogP contribution in [-0.2, 0) is 0 Å². The van der Waals surface area contributed by atoms with Gasteiger partial charge in [-0.15, -0.1) is 12.3 Å². The summed E-state index contributed by atoms with van der Waals surface area (Å²) in [5.74, 6) is 3.03. The molecule has 1 heterocycles. The molecule has 1 aromatic heterocycles. The second-order valence-corrected chi connectivity index (χ2v) is 2.89. The molecule has 0 aliphatic carbocycles. The number of nitrogens with zero attached hydrogens (tertiary/aromatic N) is 1. The Hall–Kier alpha value is -1.53. The van der Waals surface area contributed by atoms with Gasteiger partial charge in [0.05, 0.1) is 13.2 Å². The van der Waals surface area contributed by atoms with Crippen molar-refractivity contribution in [1.29, 1.82) is 0 Å². The van der Waals surface area contributed by atoms with E-state index in [0.717, 1.165) is 5.56 Å². The minimum Gasteiger partial charge on any atom is -0.481 e. The molecule has 0 aromatic carbocycles. The maximum Gasteiger partial charge on any atom is 0.212 e. The fourth-order valence-corrected chi connectivity index (χ4v) is 1.10. The molecule has 74 valence electrons. The van der Waals surface area contributed by atoms with Crippen LogP contribution in [-0.4, -0.2) is 17.2 Å². The van der Waals surface area contributed by atoms with Crippen LogP contribution in [0.2, 0.25) is 0 Å². The normalized spacial score (nSPS) is 11.8. The summed E-state index contributed by atoms with van der Waals surface area (Å²) in [6.45, 7) is 0. The second kappa shape index (κ2) is 5.25. The molecule has 3 nitrogen and oxygen atoms in total. The number of aliphatic hydroxyl groups excluding tert-OH is 1. The summed E-state index contributed by atoms with van der Waals surface area (Å²) in [4.78, 5) is 3.99. The quantitative estimate of drug-likeness (QED) is 0.734. The van der Waals surface area contributed by atoms with Gasteiger partial charge in [-0.2, -0.15) is 0 Å². The van der Waals surface area contributed by atoms with Gasteiger partial charge in [0.25, 0.3) is 0 Å². The summed E-state index contributed by atoms with van der Waals surface area (Å²) >= 11 is 0. The highest BCUT2D eigenvalue weighted by molar-refractivity contribution is 5.19. The zero-order chi connectivity index (χ0) is 10.4. The minimum atomic E-state index is -0.538. The molecular formula is C11H13NO2. The van der Waals surface area contributed by atoms with Crippen molar-refractivity contribution in [3.63, 3.8) is 0 Å². The van der Waals surface area contributed by atoms with Crippen LogP contribution in [0, 0.1) is 12.3 Å². The molecule has 0 fully saturated rings. The Bertz CT molecular complexity index is 313. The van der Waals surface area contributed by atoms with Crippen molar-refractivity contribution in [3.8, 4) is 18.2 Å². The number of terminal acetylenes is 1. The molecule has 0 aliphatic rings. The van der Waals surface area contributed by atoms with Crippen molar-refractivity contribution >= 4 is 0 Å². The van der Waals surface area contributed by atoms with Gasteiger partial charge in [-0.25, -0.2) is 4.98 Å². The highest BCUT2D eigenvalue weighted by Crippen LogP contribution is 2.18. The van der Waals surface area contributed by atoms with E-state index < -0.39 is 6.10 Å². The molecule has 14 heavy (non-hydrogen) atoms. The average Bonchev–Trinajstić information content (AvgIpc) is 2.26. The van der Waals surface area contributed by atoms with Crippen LogP contribution in [0.5, 0.6) is 5.88 Å². The Morgan fingerprint density at radius 2 is 2.43 bits per heavy atom. The molecule has 0 bridgehead atoms. The Morgan fingerprint density at radius 1 is 1.64 bits per heavy atom. The van der Waals surface area contributed by atoms with Crippen LogP contribution in [0.1, 0.15) is 24.5 Å². The lowest BCUT2D eigenvalue weighted by molar-refractivity contribution is 0.169. The first-order valence-corrected chi connectivity index (χ1v) is 4.39. The molecule has 1 atom stereocenters. The van der Waals surface area contributed by atoms with Crippen molar-refractivity contribution in [2.45, 2.75) is 18.9 Å². The number of aliphatic hydroxyl groups is 1. The van der Waals surface area contributed by atoms with Gasteiger partial charge >= 0.3 is 0 Å². The molecule has 0 amide bonds. The molecule has 0 spiro atoms. The molecule has 0 aliphatic heterocycles. The molecule has 1 aromatic rings. The Morgan fingerprint density at radius 3 is 2.93 bits per heavy atom. The number of rotatable bonds is 4. The lowest BCUT2D eigenvalue weighted by Gasteiger charge is -2.08. The summed E-state index contributed by atoms with van der Waals surface area (Å²) < 4.78 is 4.90. The molecule has 1 unspecified atom stereocenters. The second-order valence-electron chi connectivity index (χ2n) is 2.89. The van der Waals surface area contributed by atoms with E-state index in [1.54, 1.807) is 25.4 Å². The maximum atomic E-state index is 9.64. The first-order valence-electron chi connectivity index (χ1n) is 4.39. The smallest absolute Gasteiger partial charge is 0.212 e. The van der Waals surface area contributed by atoms with Crippen molar-refractivity contribution in [1.82, 2.24) is 4.98 Å². The van der Waals surface area contributed by atoms with Gasteiger partial charge in [0.2, 0.25) is 5.88 Å². The number of pyridine rings is 1. The fraction of sp³-hybridized carbons (Fsp3) is 0.364. The first kappa shape index (κ1) is 10.6. The van der Waals surface area contributed by atoms with E-state index in [-0.39, 0.29) is 0 Å². The third-order valence-electron chi connectivity index (χ3n) is 1.92. The van der Waals surface area contributed by atoms with E-state index >= 15 is 0 Å². The topological polar surface area (TPSA) is 42.4 Å². The van der Waals surface area contributed by atoms with Crippen LogP contribution in [0.25, 0.3) is 0 Å².